The number of rotatable bonds is 14. The van der Waals surface area contributed by atoms with Crippen LogP contribution in [0.1, 0.15) is 56.3 Å². The van der Waals surface area contributed by atoms with Gasteiger partial charge in [0.15, 0.2) is 11.5 Å². The van der Waals surface area contributed by atoms with E-state index in [-0.39, 0.29) is 23.8 Å². The summed E-state index contributed by atoms with van der Waals surface area (Å²) < 4.78 is 22.0. The maximum atomic E-state index is 13.8. The molecule has 1 aliphatic carbocycles. The van der Waals surface area contributed by atoms with Crippen LogP contribution >= 0.6 is 0 Å². The third-order valence-corrected chi connectivity index (χ3v) is 8.23. The van der Waals surface area contributed by atoms with Gasteiger partial charge in [0.1, 0.15) is 0 Å². The Hall–Kier alpha value is -2.36. The molecule has 4 rings (SSSR count). The third-order valence-electron chi connectivity index (χ3n) is 8.23. The lowest BCUT2D eigenvalue weighted by atomic mass is 9.92. The smallest absolute Gasteiger partial charge is 0.254 e. The molecule has 1 saturated carbocycles. The van der Waals surface area contributed by atoms with Gasteiger partial charge in [0.05, 0.1) is 13.7 Å². The van der Waals surface area contributed by atoms with Gasteiger partial charge in [-0.15, -0.1) is 0 Å². The van der Waals surface area contributed by atoms with Crippen molar-refractivity contribution in [1.29, 1.82) is 0 Å². The number of carbonyl (C=O) groups excluding carboxylic acids is 2. The molecule has 3 fully saturated rings. The van der Waals surface area contributed by atoms with Crippen LogP contribution in [-0.2, 0) is 14.3 Å². The number of ether oxygens (including phenoxy) is 4. The van der Waals surface area contributed by atoms with Crippen LogP contribution in [0, 0.1) is 17.8 Å². The van der Waals surface area contributed by atoms with E-state index in [1.807, 2.05) is 11.0 Å². The van der Waals surface area contributed by atoms with Crippen molar-refractivity contribution < 1.29 is 28.5 Å². The summed E-state index contributed by atoms with van der Waals surface area (Å²) in [5.41, 5.74) is 0.586. The Labute approximate surface area is 233 Å². The minimum Gasteiger partial charge on any atom is -0.493 e. The fraction of sp³-hybridized carbons (Fsp3) is 0.733. The van der Waals surface area contributed by atoms with E-state index in [0.29, 0.717) is 67.9 Å². The number of nitrogens with one attached hydrogen (secondary N) is 1. The Morgan fingerprint density at radius 1 is 1.00 bits per heavy atom. The largest absolute Gasteiger partial charge is 0.493 e. The van der Waals surface area contributed by atoms with E-state index in [4.69, 9.17) is 18.9 Å². The van der Waals surface area contributed by atoms with Crippen LogP contribution in [0.25, 0.3) is 0 Å². The first-order chi connectivity index (χ1) is 18.9. The van der Waals surface area contributed by atoms with E-state index in [9.17, 15) is 9.59 Å². The van der Waals surface area contributed by atoms with Gasteiger partial charge in [0.2, 0.25) is 5.91 Å². The summed E-state index contributed by atoms with van der Waals surface area (Å²) in [6.07, 6.45) is 4.60. The van der Waals surface area contributed by atoms with Gasteiger partial charge >= 0.3 is 0 Å². The van der Waals surface area contributed by atoms with Crippen LogP contribution in [0.2, 0.25) is 0 Å². The summed E-state index contributed by atoms with van der Waals surface area (Å²) in [5, 5.41) is 3.54. The molecule has 2 amide bonds. The highest BCUT2D eigenvalue weighted by molar-refractivity contribution is 5.95. The van der Waals surface area contributed by atoms with Gasteiger partial charge in [-0.2, -0.15) is 0 Å². The molecule has 0 radical (unpaired) electrons. The molecule has 1 aromatic carbocycles. The fourth-order valence-corrected chi connectivity index (χ4v) is 5.71. The summed E-state index contributed by atoms with van der Waals surface area (Å²) in [7, 11) is 3.27. The van der Waals surface area contributed by atoms with Crippen LogP contribution in [-0.4, -0.2) is 101 Å². The average Bonchev–Trinajstić information content (AvgIpc) is 3.70. The van der Waals surface area contributed by atoms with Crippen molar-refractivity contribution >= 4 is 11.8 Å². The molecule has 2 saturated heterocycles. The maximum absolute atomic E-state index is 13.8. The first-order valence-electron chi connectivity index (χ1n) is 14.6. The molecule has 2 heterocycles. The summed E-state index contributed by atoms with van der Waals surface area (Å²) >= 11 is 0. The summed E-state index contributed by atoms with van der Waals surface area (Å²) in [4.78, 5) is 31.4. The van der Waals surface area contributed by atoms with Crippen molar-refractivity contribution in [2.24, 2.45) is 17.8 Å². The van der Waals surface area contributed by atoms with E-state index in [0.717, 1.165) is 51.7 Å². The van der Waals surface area contributed by atoms with Gasteiger partial charge in [-0.3, -0.25) is 9.59 Å². The van der Waals surface area contributed by atoms with Crippen molar-refractivity contribution in [2.45, 2.75) is 58.0 Å². The SMILES string of the molecule is COCCCOc1cc(C(=O)N(C[C@@H]2CNC[C@H]2CN(C(=O)C2CCOCC2)C2CC2)C(C)C)ccc1OC. The summed E-state index contributed by atoms with van der Waals surface area (Å²) in [6, 6.07) is 5.81. The molecular formula is C30H47N3O6. The van der Waals surface area contributed by atoms with Crippen molar-refractivity contribution in [3.05, 3.63) is 23.8 Å². The standard InChI is InChI=1S/C30H47N3O6/c1-21(2)32(30(35)23-6-9-27(37-4)28(16-23)39-13-5-12-36-3)19-24-17-31-18-25(24)20-33(26-7-8-26)29(34)22-10-14-38-15-11-22/h6,9,16,21-22,24-26,31H,5,7-8,10-15,17-20H2,1-4H3/t24-,25-/m0/s1. The van der Waals surface area contributed by atoms with Crippen LogP contribution in [0.4, 0.5) is 0 Å². The zero-order chi connectivity index (χ0) is 27.8. The molecule has 0 unspecified atom stereocenters. The van der Waals surface area contributed by atoms with Gasteiger partial charge < -0.3 is 34.1 Å². The summed E-state index contributed by atoms with van der Waals surface area (Å²) in [5.74, 6) is 2.14. The molecule has 0 bridgehead atoms. The predicted octanol–water partition coefficient (Wildman–Crippen LogP) is 3.21. The highest BCUT2D eigenvalue weighted by Crippen LogP contribution is 2.33. The number of nitrogens with zero attached hydrogens (tertiary/aromatic N) is 2. The maximum Gasteiger partial charge on any atom is 0.254 e. The molecule has 39 heavy (non-hydrogen) atoms. The topological polar surface area (TPSA) is 89.6 Å². The molecule has 1 N–H and O–H groups in total. The number of hydrogen-bond donors (Lipinski definition) is 1. The average molecular weight is 546 g/mol. The molecular weight excluding hydrogens is 498 g/mol. The molecule has 1 aromatic rings. The number of hydrogen-bond acceptors (Lipinski definition) is 7. The van der Waals surface area contributed by atoms with Crippen molar-refractivity contribution in [3.8, 4) is 11.5 Å². The highest BCUT2D eigenvalue weighted by Gasteiger charge is 2.40. The Balaban J connectivity index is 1.43. The minimum atomic E-state index is -0.0163. The monoisotopic (exact) mass is 545 g/mol. The lowest BCUT2D eigenvalue weighted by molar-refractivity contribution is -0.140. The van der Waals surface area contributed by atoms with E-state index in [2.05, 4.69) is 24.1 Å². The van der Waals surface area contributed by atoms with Crippen molar-refractivity contribution in [3.63, 3.8) is 0 Å². The lowest BCUT2D eigenvalue weighted by Crippen LogP contribution is -2.46. The normalized spacial score (nSPS) is 21.7. The van der Waals surface area contributed by atoms with E-state index in [1.165, 1.54) is 0 Å². The van der Waals surface area contributed by atoms with Crippen LogP contribution in [0.15, 0.2) is 18.2 Å². The molecule has 0 aromatic heterocycles. The Morgan fingerprint density at radius 3 is 2.36 bits per heavy atom. The Bertz CT molecular complexity index is 947. The number of carbonyl (C=O) groups is 2. The van der Waals surface area contributed by atoms with Gasteiger partial charge in [-0.25, -0.2) is 0 Å². The second kappa shape index (κ2) is 14.3. The molecule has 9 nitrogen and oxygen atoms in total. The van der Waals surface area contributed by atoms with E-state index >= 15 is 0 Å². The number of benzene rings is 1. The number of amides is 2. The zero-order valence-corrected chi connectivity index (χ0v) is 24.2. The molecule has 3 aliphatic rings. The summed E-state index contributed by atoms with van der Waals surface area (Å²) in [6.45, 7) is 9.71. The van der Waals surface area contributed by atoms with Crippen LogP contribution in [0.3, 0.4) is 0 Å². The first kappa shape index (κ1) is 29.6. The van der Waals surface area contributed by atoms with E-state index in [1.54, 1.807) is 26.4 Å². The molecule has 2 atom stereocenters. The Kier molecular flexibility index (Phi) is 10.9. The second-order valence-corrected chi connectivity index (χ2v) is 11.4. The second-order valence-electron chi connectivity index (χ2n) is 11.4. The predicted molar refractivity (Wildman–Crippen MR) is 149 cm³/mol. The molecule has 9 heteroatoms. The molecule has 218 valence electrons. The highest BCUT2D eigenvalue weighted by atomic mass is 16.5. The third kappa shape index (κ3) is 7.86. The quantitative estimate of drug-likeness (QED) is 0.359. The van der Waals surface area contributed by atoms with Gasteiger partial charge in [0, 0.05) is 83.1 Å². The van der Waals surface area contributed by atoms with E-state index < -0.39 is 0 Å². The Morgan fingerprint density at radius 2 is 1.72 bits per heavy atom. The lowest BCUT2D eigenvalue weighted by Gasteiger charge is -2.35. The van der Waals surface area contributed by atoms with Gasteiger partial charge in [0.25, 0.3) is 5.91 Å². The number of methoxy groups -OCH3 is 2. The van der Waals surface area contributed by atoms with Crippen LogP contribution in [0.5, 0.6) is 11.5 Å². The minimum absolute atomic E-state index is 0.0163. The van der Waals surface area contributed by atoms with Crippen molar-refractivity contribution in [2.75, 3.05) is 66.8 Å². The van der Waals surface area contributed by atoms with Crippen molar-refractivity contribution in [1.82, 2.24) is 15.1 Å². The fourth-order valence-electron chi connectivity index (χ4n) is 5.71. The van der Waals surface area contributed by atoms with Gasteiger partial charge in [-0.1, -0.05) is 0 Å². The zero-order valence-electron chi connectivity index (χ0n) is 24.2. The van der Waals surface area contributed by atoms with Gasteiger partial charge in [-0.05, 0) is 69.6 Å². The van der Waals surface area contributed by atoms with Crippen LogP contribution < -0.4 is 14.8 Å². The molecule has 2 aliphatic heterocycles. The first-order valence-corrected chi connectivity index (χ1v) is 14.6. The molecule has 0 spiro atoms.